The highest BCUT2D eigenvalue weighted by Gasteiger charge is 2.47. The molecular formula is C41H42N2O8. The zero-order valence-corrected chi connectivity index (χ0v) is 28.4. The van der Waals surface area contributed by atoms with Crippen molar-refractivity contribution in [2.45, 2.75) is 26.4 Å². The third-order valence-electron chi connectivity index (χ3n) is 9.30. The van der Waals surface area contributed by atoms with Crippen molar-refractivity contribution < 1.29 is 38.1 Å². The number of rotatable bonds is 14. The Morgan fingerprint density at radius 3 is 0.824 bits per heavy atom. The summed E-state index contributed by atoms with van der Waals surface area (Å²) in [5.74, 6) is -4.92. The molecule has 0 unspecified atom stereocenters. The van der Waals surface area contributed by atoms with Crippen LogP contribution >= 0.6 is 0 Å². The van der Waals surface area contributed by atoms with Crippen LogP contribution in [0.15, 0.2) is 121 Å². The number of likely N-dealkylation sites (tertiary alicyclic amines) is 2. The van der Waals surface area contributed by atoms with Gasteiger partial charge < -0.3 is 18.9 Å². The van der Waals surface area contributed by atoms with Crippen LogP contribution in [0.4, 0.5) is 0 Å². The first-order chi connectivity index (χ1) is 24.9. The van der Waals surface area contributed by atoms with Crippen molar-refractivity contribution in [3.8, 4) is 0 Å². The summed E-state index contributed by atoms with van der Waals surface area (Å²) in [7, 11) is 0. The van der Waals surface area contributed by atoms with Crippen molar-refractivity contribution in [1.29, 1.82) is 0 Å². The van der Waals surface area contributed by atoms with Gasteiger partial charge in [-0.25, -0.2) is 0 Å². The largest absolute Gasteiger partial charge is 0.461 e. The number of carbonyl (C=O) groups excluding carboxylic acids is 4. The molecule has 0 aliphatic carbocycles. The van der Waals surface area contributed by atoms with Crippen molar-refractivity contribution >= 4 is 23.9 Å². The summed E-state index contributed by atoms with van der Waals surface area (Å²) in [6.07, 6.45) is 0. The monoisotopic (exact) mass is 690 g/mol. The molecule has 0 spiro atoms. The van der Waals surface area contributed by atoms with Gasteiger partial charge in [-0.1, -0.05) is 121 Å². The quantitative estimate of drug-likeness (QED) is 0.132. The van der Waals surface area contributed by atoms with Crippen molar-refractivity contribution in [3.63, 3.8) is 0 Å². The average Bonchev–Trinajstić information content (AvgIpc) is 3.81. The van der Waals surface area contributed by atoms with Gasteiger partial charge in [-0.05, 0) is 22.3 Å². The maximum absolute atomic E-state index is 13.5. The lowest BCUT2D eigenvalue weighted by molar-refractivity contribution is -0.160. The molecule has 264 valence electrons. The highest BCUT2D eigenvalue weighted by Crippen LogP contribution is 2.31. The number of hydrogen-bond acceptors (Lipinski definition) is 10. The smallest absolute Gasteiger partial charge is 0.311 e. The molecule has 2 heterocycles. The Balaban J connectivity index is 1.13. The Hall–Kier alpha value is -5.32. The molecule has 0 N–H and O–H groups in total. The lowest BCUT2D eigenvalue weighted by Gasteiger charge is -2.23. The van der Waals surface area contributed by atoms with Crippen LogP contribution in [0.25, 0.3) is 0 Å². The Morgan fingerprint density at radius 2 is 0.608 bits per heavy atom. The van der Waals surface area contributed by atoms with Gasteiger partial charge in [-0.15, -0.1) is 0 Å². The van der Waals surface area contributed by atoms with Crippen molar-refractivity contribution in [1.82, 2.24) is 9.80 Å². The minimum atomic E-state index is -0.752. The van der Waals surface area contributed by atoms with E-state index in [1.807, 2.05) is 131 Å². The number of benzene rings is 4. The molecule has 2 fully saturated rings. The molecule has 0 saturated carbocycles. The average molecular weight is 691 g/mol. The van der Waals surface area contributed by atoms with Gasteiger partial charge in [-0.3, -0.25) is 29.0 Å². The minimum absolute atomic E-state index is 0.0909. The van der Waals surface area contributed by atoms with E-state index < -0.39 is 47.5 Å². The van der Waals surface area contributed by atoms with Crippen LogP contribution in [0, 0.1) is 23.7 Å². The van der Waals surface area contributed by atoms with Crippen LogP contribution in [0.3, 0.4) is 0 Å². The van der Waals surface area contributed by atoms with Crippen molar-refractivity contribution in [3.05, 3.63) is 144 Å². The summed E-state index contributed by atoms with van der Waals surface area (Å²) in [6, 6.07) is 37.5. The fraction of sp³-hybridized carbons (Fsp3) is 0.317. The van der Waals surface area contributed by atoms with Gasteiger partial charge in [0.05, 0.1) is 30.3 Å². The third-order valence-corrected chi connectivity index (χ3v) is 9.30. The number of hydrogen-bond donors (Lipinski definition) is 0. The number of nitrogens with zero attached hydrogens (tertiary/aromatic N) is 2. The predicted molar refractivity (Wildman–Crippen MR) is 187 cm³/mol. The van der Waals surface area contributed by atoms with Gasteiger partial charge in [0, 0.05) is 26.2 Å². The molecule has 0 amide bonds. The fourth-order valence-electron chi connectivity index (χ4n) is 6.58. The van der Waals surface area contributed by atoms with Gasteiger partial charge in [0.15, 0.2) is 0 Å². The van der Waals surface area contributed by atoms with Crippen LogP contribution in [0.5, 0.6) is 0 Å². The normalized spacial score (nSPS) is 20.4. The summed E-state index contributed by atoms with van der Waals surface area (Å²) in [6.45, 7) is 1.68. The summed E-state index contributed by atoms with van der Waals surface area (Å²) in [5, 5.41) is 0. The van der Waals surface area contributed by atoms with Gasteiger partial charge in [-0.2, -0.15) is 0 Å². The van der Waals surface area contributed by atoms with E-state index in [-0.39, 0.29) is 52.6 Å². The molecule has 4 atom stereocenters. The molecule has 51 heavy (non-hydrogen) atoms. The minimum Gasteiger partial charge on any atom is -0.461 e. The van der Waals surface area contributed by atoms with E-state index in [0.717, 1.165) is 22.3 Å². The summed E-state index contributed by atoms with van der Waals surface area (Å²) in [5.41, 5.74) is 3.38. The maximum Gasteiger partial charge on any atom is 0.311 e. The first-order valence-electron chi connectivity index (χ1n) is 17.2. The Labute approximate surface area is 297 Å². The van der Waals surface area contributed by atoms with Gasteiger partial charge in [0.1, 0.15) is 26.4 Å². The van der Waals surface area contributed by atoms with Crippen LogP contribution < -0.4 is 0 Å². The van der Waals surface area contributed by atoms with E-state index in [1.165, 1.54) is 0 Å². The number of ether oxygens (including phenoxy) is 4. The van der Waals surface area contributed by atoms with E-state index >= 15 is 0 Å². The van der Waals surface area contributed by atoms with Crippen molar-refractivity contribution in [2.24, 2.45) is 23.7 Å². The zero-order valence-electron chi connectivity index (χ0n) is 28.4. The summed E-state index contributed by atoms with van der Waals surface area (Å²) in [4.78, 5) is 57.8. The van der Waals surface area contributed by atoms with Crippen LogP contribution in [-0.4, -0.2) is 66.5 Å². The van der Waals surface area contributed by atoms with E-state index in [2.05, 4.69) is 0 Å². The molecule has 2 aliphatic rings. The van der Waals surface area contributed by atoms with Crippen molar-refractivity contribution in [2.75, 3.05) is 32.8 Å². The molecule has 0 aromatic heterocycles. The molecule has 6 rings (SSSR count). The topological polar surface area (TPSA) is 112 Å². The maximum atomic E-state index is 13.5. The highest BCUT2D eigenvalue weighted by molar-refractivity contribution is 5.84. The van der Waals surface area contributed by atoms with E-state index in [0.29, 0.717) is 6.67 Å². The molecule has 2 aliphatic heterocycles. The second kappa shape index (κ2) is 17.6. The second-order valence-corrected chi connectivity index (χ2v) is 13.0. The first-order valence-corrected chi connectivity index (χ1v) is 17.2. The molecule has 4 aromatic carbocycles. The summed E-state index contributed by atoms with van der Waals surface area (Å²) >= 11 is 0. The summed E-state index contributed by atoms with van der Waals surface area (Å²) < 4.78 is 22.8. The molecule has 4 aromatic rings. The zero-order chi connectivity index (χ0) is 35.4. The molecule has 0 bridgehead atoms. The number of carbonyl (C=O) groups is 4. The molecule has 10 nitrogen and oxygen atoms in total. The van der Waals surface area contributed by atoms with Crippen LogP contribution in [-0.2, 0) is 64.6 Å². The van der Waals surface area contributed by atoms with E-state index in [4.69, 9.17) is 18.9 Å². The molecule has 0 radical (unpaired) electrons. The lowest BCUT2D eigenvalue weighted by Crippen LogP contribution is -2.37. The Morgan fingerprint density at radius 1 is 0.392 bits per heavy atom. The lowest BCUT2D eigenvalue weighted by atomic mass is 9.96. The molecular weight excluding hydrogens is 648 g/mol. The second-order valence-electron chi connectivity index (χ2n) is 13.0. The standard InChI is InChI=1S/C41H42N2O8/c44-38(48-25-30-13-5-1-6-14-30)34-21-42(22-35(34)39(45)49-26-31-15-7-2-8-16-31)29-43-23-36(40(46)50-27-32-17-9-3-10-18-32)37(24-43)41(47)51-28-33-19-11-4-12-20-33/h1-20,34-37H,21-29H2/t34-,35-,36-,37-/m0/s1. The molecule has 2 saturated heterocycles. The van der Waals surface area contributed by atoms with E-state index in [9.17, 15) is 19.2 Å². The highest BCUT2D eigenvalue weighted by atomic mass is 16.5. The third kappa shape index (κ3) is 9.90. The van der Waals surface area contributed by atoms with Gasteiger partial charge >= 0.3 is 23.9 Å². The Kier molecular flexibility index (Phi) is 12.2. The van der Waals surface area contributed by atoms with Gasteiger partial charge in [0.25, 0.3) is 0 Å². The first kappa shape index (κ1) is 35.5. The van der Waals surface area contributed by atoms with E-state index in [1.54, 1.807) is 0 Å². The van der Waals surface area contributed by atoms with Crippen LogP contribution in [0.1, 0.15) is 22.3 Å². The fourth-order valence-corrected chi connectivity index (χ4v) is 6.58. The Bertz CT molecular complexity index is 1480. The SMILES string of the molecule is O=C(OCc1ccccc1)[C@H]1CN(CN2C[C@H](C(=O)OCc3ccccc3)[C@@H](C(=O)OCc3ccccc3)C2)C[C@@H]1C(=O)OCc1ccccc1. The predicted octanol–water partition coefficient (Wildman–Crippen LogP) is 5.01. The number of esters is 4. The molecule has 10 heteroatoms. The van der Waals surface area contributed by atoms with Crippen LogP contribution in [0.2, 0.25) is 0 Å². The van der Waals surface area contributed by atoms with Gasteiger partial charge in [0.2, 0.25) is 0 Å².